The first kappa shape index (κ1) is 20.1. The van der Waals surface area contributed by atoms with Crippen molar-refractivity contribution in [2.45, 2.75) is 45.2 Å². The topological polar surface area (TPSA) is 67.4 Å². The van der Waals surface area contributed by atoms with E-state index >= 15 is 0 Å². The molecule has 0 saturated heterocycles. The fraction of sp³-hybridized carbons (Fsp3) is 0.391. The van der Waals surface area contributed by atoms with Crippen LogP contribution in [-0.2, 0) is 16.1 Å². The van der Waals surface area contributed by atoms with Crippen LogP contribution in [0.1, 0.15) is 47.2 Å². The molecule has 2 aromatic rings. The number of anilines is 1. The molecule has 1 aliphatic rings. The van der Waals surface area contributed by atoms with Gasteiger partial charge in [-0.15, -0.1) is 0 Å². The van der Waals surface area contributed by atoms with Gasteiger partial charge in [0, 0.05) is 23.8 Å². The van der Waals surface area contributed by atoms with E-state index < -0.39 is 0 Å². The first-order valence-electron chi connectivity index (χ1n) is 9.83. The number of esters is 1. The lowest BCUT2D eigenvalue weighted by Gasteiger charge is -2.27. The van der Waals surface area contributed by atoms with Crippen LogP contribution in [0.5, 0.6) is 0 Å². The predicted molar refractivity (Wildman–Crippen MR) is 110 cm³/mol. The maximum absolute atomic E-state index is 12.4. The van der Waals surface area contributed by atoms with Crippen LogP contribution in [0, 0.1) is 12.8 Å². The summed E-state index contributed by atoms with van der Waals surface area (Å²) in [6, 6.07) is 15.9. The lowest BCUT2D eigenvalue weighted by atomic mass is 9.86. The van der Waals surface area contributed by atoms with Crippen LogP contribution in [0.4, 0.5) is 5.69 Å². The first-order chi connectivity index (χ1) is 13.5. The summed E-state index contributed by atoms with van der Waals surface area (Å²) >= 11 is 0. The lowest BCUT2D eigenvalue weighted by Crippen LogP contribution is -2.34. The Labute approximate surface area is 166 Å². The zero-order chi connectivity index (χ0) is 19.9. The van der Waals surface area contributed by atoms with Gasteiger partial charge in [0.1, 0.15) is 0 Å². The number of benzene rings is 2. The Morgan fingerprint density at radius 3 is 2.43 bits per heavy atom. The van der Waals surface area contributed by atoms with Crippen molar-refractivity contribution in [1.82, 2.24) is 5.32 Å². The molecule has 3 rings (SSSR count). The van der Waals surface area contributed by atoms with Gasteiger partial charge in [-0.2, -0.15) is 0 Å². The Morgan fingerprint density at radius 2 is 1.75 bits per heavy atom. The minimum absolute atomic E-state index is 0.0448. The molecule has 1 amide bonds. The standard InChI is InChI=1S/C23H28N2O3/c1-16-6-8-18(9-7-16)22(26)25-21-5-3-4-17(14-21)15-24-20-12-10-19(11-13-20)23(27)28-2/h3-9,14,19-20,24H,10-13,15H2,1-2H3,(H,25,26). The Morgan fingerprint density at radius 1 is 1.04 bits per heavy atom. The second kappa shape index (κ2) is 9.51. The summed E-state index contributed by atoms with van der Waals surface area (Å²) < 4.78 is 4.84. The number of carbonyl (C=O) groups is 2. The zero-order valence-corrected chi connectivity index (χ0v) is 16.5. The number of methoxy groups -OCH3 is 1. The van der Waals surface area contributed by atoms with Crippen molar-refractivity contribution in [2.24, 2.45) is 5.92 Å². The van der Waals surface area contributed by atoms with Gasteiger partial charge in [0.15, 0.2) is 0 Å². The van der Waals surface area contributed by atoms with Crippen LogP contribution in [0.3, 0.4) is 0 Å². The van der Waals surface area contributed by atoms with Gasteiger partial charge in [-0.05, 0) is 62.4 Å². The van der Waals surface area contributed by atoms with Crippen LogP contribution in [0.25, 0.3) is 0 Å². The van der Waals surface area contributed by atoms with Crippen LogP contribution in [0.2, 0.25) is 0 Å². The predicted octanol–water partition coefficient (Wildman–Crippen LogP) is 4.07. The Kier molecular flexibility index (Phi) is 6.82. The van der Waals surface area contributed by atoms with Gasteiger partial charge in [0.2, 0.25) is 0 Å². The van der Waals surface area contributed by atoms with E-state index in [1.165, 1.54) is 7.11 Å². The Bertz CT molecular complexity index is 809. The fourth-order valence-electron chi connectivity index (χ4n) is 3.63. The van der Waals surface area contributed by atoms with Crippen molar-refractivity contribution in [3.8, 4) is 0 Å². The highest BCUT2D eigenvalue weighted by molar-refractivity contribution is 6.04. The molecule has 2 N–H and O–H groups in total. The summed E-state index contributed by atoms with van der Waals surface area (Å²) in [6.07, 6.45) is 3.70. The number of nitrogens with one attached hydrogen (secondary N) is 2. The third kappa shape index (κ3) is 5.42. The van der Waals surface area contributed by atoms with Gasteiger partial charge in [-0.3, -0.25) is 9.59 Å². The SMILES string of the molecule is COC(=O)C1CCC(NCc2cccc(NC(=O)c3ccc(C)cc3)c2)CC1. The molecule has 148 valence electrons. The van der Waals surface area contributed by atoms with Gasteiger partial charge in [-0.25, -0.2) is 0 Å². The third-order valence-electron chi connectivity index (χ3n) is 5.36. The average molecular weight is 380 g/mol. The summed E-state index contributed by atoms with van der Waals surface area (Å²) in [7, 11) is 1.46. The molecule has 0 spiro atoms. The maximum Gasteiger partial charge on any atom is 0.308 e. The van der Waals surface area contributed by atoms with E-state index in [9.17, 15) is 9.59 Å². The highest BCUT2D eigenvalue weighted by Crippen LogP contribution is 2.25. The van der Waals surface area contributed by atoms with Gasteiger partial charge < -0.3 is 15.4 Å². The Balaban J connectivity index is 1.50. The first-order valence-corrected chi connectivity index (χ1v) is 9.83. The summed E-state index contributed by atoms with van der Waals surface area (Å²) in [6.45, 7) is 2.74. The molecule has 5 nitrogen and oxygen atoms in total. The van der Waals surface area contributed by atoms with Gasteiger partial charge >= 0.3 is 5.97 Å². The fourth-order valence-corrected chi connectivity index (χ4v) is 3.63. The van der Waals surface area contributed by atoms with Crippen molar-refractivity contribution in [3.63, 3.8) is 0 Å². The van der Waals surface area contributed by atoms with E-state index in [2.05, 4.69) is 16.7 Å². The number of rotatable bonds is 6. The average Bonchev–Trinajstić information content (AvgIpc) is 2.73. The smallest absolute Gasteiger partial charge is 0.308 e. The lowest BCUT2D eigenvalue weighted by molar-refractivity contribution is -0.146. The minimum Gasteiger partial charge on any atom is -0.469 e. The molecule has 2 aromatic carbocycles. The largest absolute Gasteiger partial charge is 0.469 e. The number of amides is 1. The third-order valence-corrected chi connectivity index (χ3v) is 5.36. The van der Waals surface area contributed by atoms with Crippen molar-refractivity contribution in [1.29, 1.82) is 0 Å². The number of hydrogen-bond acceptors (Lipinski definition) is 4. The number of carbonyl (C=O) groups excluding carboxylic acids is 2. The van der Waals surface area contributed by atoms with Crippen molar-refractivity contribution in [2.75, 3.05) is 12.4 Å². The molecule has 28 heavy (non-hydrogen) atoms. The normalized spacial score (nSPS) is 19.1. The molecule has 0 radical (unpaired) electrons. The van der Waals surface area contributed by atoms with Gasteiger partial charge in [-0.1, -0.05) is 29.8 Å². The van der Waals surface area contributed by atoms with E-state index in [0.717, 1.165) is 49.0 Å². The monoisotopic (exact) mass is 380 g/mol. The van der Waals surface area contributed by atoms with E-state index in [4.69, 9.17) is 4.74 Å². The van der Waals surface area contributed by atoms with Gasteiger partial charge in [0.25, 0.3) is 5.91 Å². The van der Waals surface area contributed by atoms with E-state index in [-0.39, 0.29) is 17.8 Å². The van der Waals surface area contributed by atoms with Crippen LogP contribution in [-0.4, -0.2) is 25.0 Å². The highest BCUT2D eigenvalue weighted by atomic mass is 16.5. The quantitative estimate of drug-likeness (QED) is 0.742. The molecule has 1 fully saturated rings. The molecule has 0 aromatic heterocycles. The zero-order valence-electron chi connectivity index (χ0n) is 16.5. The van der Waals surface area contributed by atoms with Crippen LogP contribution >= 0.6 is 0 Å². The second-order valence-electron chi connectivity index (χ2n) is 7.47. The summed E-state index contributed by atoms with van der Waals surface area (Å²) in [5, 5.41) is 6.53. The molecular formula is C23H28N2O3. The van der Waals surface area contributed by atoms with E-state index in [1.807, 2.05) is 49.4 Å². The summed E-state index contributed by atoms with van der Waals surface area (Å²) in [5.41, 5.74) is 3.69. The van der Waals surface area contributed by atoms with Crippen molar-refractivity contribution >= 4 is 17.6 Å². The number of ether oxygens (including phenoxy) is 1. The molecule has 0 aliphatic heterocycles. The minimum atomic E-state index is -0.105. The molecular weight excluding hydrogens is 352 g/mol. The second-order valence-corrected chi connectivity index (χ2v) is 7.47. The molecule has 5 heteroatoms. The Hall–Kier alpha value is -2.66. The molecule has 0 heterocycles. The van der Waals surface area contributed by atoms with E-state index in [1.54, 1.807) is 0 Å². The van der Waals surface area contributed by atoms with Crippen molar-refractivity contribution < 1.29 is 14.3 Å². The van der Waals surface area contributed by atoms with Crippen LogP contribution < -0.4 is 10.6 Å². The highest BCUT2D eigenvalue weighted by Gasteiger charge is 2.26. The molecule has 0 bridgehead atoms. The van der Waals surface area contributed by atoms with Gasteiger partial charge in [0.05, 0.1) is 13.0 Å². The summed E-state index contributed by atoms with van der Waals surface area (Å²) in [5.74, 6) is -0.148. The molecule has 0 unspecified atom stereocenters. The summed E-state index contributed by atoms with van der Waals surface area (Å²) in [4.78, 5) is 24.0. The van der Waals surface area contributed by atoms with Crippen LogP contribution in [0.15, 0.2) is 48.5 Å². The molecule has 0 atom stereocenters. The molecule has 1 saturated carbocycles. The number of hydrogen-bond donors (Lipinski definition) is 2. The van der Waals surface area contributed by atoms with E-state index in [0.29, 0.717) is 11.6 Å². The number of aryl methyl sites for hydroxylation is 1. The van der Waals surface area contributed by atoms with Crippen molar-refractivity contribution in [3.05, 3.63) is 65.2 Å². The maximum atomic E-state index is 12.4. The molecule has 1 aliphatic carbocycles.